The molecule has 5 nitrogen and oxygen atoms in total. The molecule has 0 saturated heterocycles. The smallest absolute Gasteiger partial charge is 0.317 e. The maximum absolute atomic E-state index is 12.5. The number of hydrogen-bond acceptors (Lipinski definition) is 4. The number of nitrogens with zero attached hydrogens (tertiary/aromatic N) is 2. The lowest BCUT2D eigenvalue weighted by Gasteiger charge is -2.25. The molecule has 1 atom stereocenters. The fraction of sp³-hybridized carbons (Fsp3) is 0.444. The van der Waals surface area contributed by atoms with Gasteiger partial charge in [0.25, 0.3) is 0 Å². The average molecular weight is 347 g/mol. The van der Waals surface area contributed by atoms with Crippen molar-refractivity contribution < 1.29 is 9.53 Å². The molecule has 0 unspecified atom stereocenters. The largest absolute Gasteiger partial charge is 0.487 e. The van der Waals surface area contributed by atoms with Crippen LogP contribution in [0, 0.1) is 5.92 Å². The second-order valence-corrected chi connectivity index (χ2v) is 6.99. The molecule has 0 aliphatic carbocycles. The summed E-state index contributed by atoms with van der Waals surface area (Å²) in [4.78, 5) is 18.4. The zero-order valence-corrected chi connectivity index (χ0v) is 15.3. The summed E-state index contributed by atoms with van der Waals surface area (Å²) < 4.78 is 5.74. The summed E-state index contributed by atoms with van der Waals surface area (Å²) in [6, 6.07) is 5.68. The molecular formula is C18H25N3O2S. The van der Waals surface area contributed by atoms with Gasteiger partial charge in [-0.1, -0.05) is 13.8 Å². The number of thiophene rings is 1. The number of pyridine rings is 1. The van der Waals surface area contributed by atoms with Crippen LogP contribution in [0.25, 0.3) is 0 Å². The Hall–Kier alpha value is -2.08. The van der Waals surface area contributed by atoms with Gasteiger partial charge in [-0.2, -0.15) is 11.3 Å². The average Bonchev–Trinajstić information content (AvgIpc) is 3.05. The summed E-state index contributed by atoms with van der Waals surface area (Å²) in [6.07, 6.45) is 3.24. The van der Waals surface area contributed by atoms with Crippen LogP contribution in [0.3, 0.4) is 0 Å². The molecule has 0 aromatic carbocycles. The first-order valence-corrected chi connectivity index (χ1v) is 9.09. The summed E-state index contributed by atoms with van der Waals surface area (Å²) >= 11 is 1.65. The fourth-order valence-electron chi connectivity index (χ4n) is 2.30. The number of ether oxygens (including phenoxy) is 1. The van der Waals surface area contributed by atoms with Gasteiger partial charge in [0, 0.05) is 19.3 Å². The van der Waals surface area contributed by atoms with Gasteiger partial charge in [-0.3, -0.25) is 4.98 Å². The van der Waals surface area contributed by atoms with Crippen molar-refractivity contribution in [1.82, 2.24) is 15.2 Å². The summed E-state index contributed by atoms with van der Waals surface area (Å²) in [5.74, 6) is 1.12. The number of nitrogens with one attached hydrogen (secondary N) is 1. The second kappa shape index (κ2) is 9.27. The zero-order chi connectivity index (χ0) is 17.4. The lowest BCUT2D eigenvalue weighted by molar-refractivity contribution is 0.175. The number of carbonyl (C=O) groups is 1. The minimum absolute atomic E-state index is 0.0588. The molecule has 0 fully saturated rings. The number of carbonyl (C=O) groups excluding carboxylic acids is 1. The van der Waals surface area contributed by atoms with E-state index in [1.165, 1.54) is 0 Å². The third-order valence-corrected chi connectivity index (χ3v) is 4.07. The molecule has 0 saturated carbocycles. The first kappa shape index (κ1) is 18.3. The molecule has 1 N–H and O–H groups in total. The van der Waals surface area contributed by atoms with E-state index >= 15 is 0 Å². The van der Waals surface area contributed by atoms with Crippen molar-refractivity contribution in [2.45, 2.75) is 33.4 Å². The monoisotopic (exact) mass is 347 g/mol. The van der Waals surface area contributed by atoms with Gasteiger partial charge in [-0.15, -0.1) is 0 Å². The normalized spacial score (nSPS) is 12.0. The maximum atomic E-state index is 12.5. The van der Waals surface area contributed by atoms with E-state index in [1.54, 1.807) is 23.7 Å². The first-order chi connectivity index (χ1) is 11.5. The number of hydrogen-bond donors (Lipinski definition) is 1. The molecule has 24 heavy (non-hydrogen) atoms. The van der Waals surface area contributed by atoms with Crippen molar-refractivity contribution in [1.29, 1.82) is 0 Å². The van der Waals surface area contributed by atoms with Gasteiger partial charge in [-0.05, 0) is 47.4 Å². The molecule has 0 spiro atoms. The fourth-order valence-corrected chi connectivity index (χ4v) is 2.96. The highest BCUT2D eigenvalue weighted by Crippen LogP contribution is 2.12. The Morgan fingerprint density at radius 1 is 1.38 bits per heavy atom. The minimum Gasteiger partial charge on any atom is -0.487 e. The molecule has 2 amide bonds. The van der Waals surface area contributed by atoms with Crippen molar-refractivity contribution in [2.24, 2.45) is 5.92 Å². The summed E-state index contributed by atoms with van der Waals surface area (Å²) in [7, 11) is 0. The van der Waals surface area contributed by atoms with Gasteiger partial charge in [0.05, 0.1) is 12.7 Å². The maximum Gasteiger partial charge on any atom is 0.317 e. The van der Waals surface area contributed by atoms with E-state index in [0.29, 0.717) is 24.8 Å². The first-order valence-electron chi connectivity index (χ1n) is 8.15. The molecule has 0 aliphatic heterocycles. The summed E-state index contributed by atoms with van der Waals surface area (Å²) in [5, 5.41) is 7.08. The van der Waals surface area contributed by atoms with E-state index in [-0.39, 0.29) is 12.1 Å². The Morgan fingerprint density at radius 3 is 2.83 bits per heavy atom. The Kier molecular flexibility index (Phi) is 7.06. The minimum atomic E-state index is -0.125. The highest BCUT2D eigenvalue weighted by atomic mass is 32.1. The van der Waals surface area contributed by atoms with E-state index in [2.05, 4.69) is 35.6 Å². The van der Waals surface area contributed by atoms with Gasteiger partial charge < -0.3 is 15.0 Å². The van der Waals surface area contributed by atoms with Gasteiger partial charge in [0.1, 0.15) is 11.9 Å². The van der Waals surface area contributed by atoms with E-state index in [4.69, 9.17) is 4.74 Å². The number of rotatable bonds is 8. The number of aromatic nitrogens is 1. The van der Waals surface area contributed by atoms with E-state index < -0.39 is 0 Å². The molecule has 2 heterocycles. The van der Waals surface area contributed by atoms with E-state index in [0.717, 1.165) is 12.1 Å². The van der Waals surface area contributed by atoms with E-state index in [9.17, 15) is 4.79 Å². The van der Waals surface area contributed by atoms with Crippen molar-refractivity contribution >= 4 is 17.4 Å². The third kappa shape index (κ3) is 6.20. The van der Waals surface area contributed by atoms with Gasteiger partial charge >= 0.3 is 6.03 Å². The Morgan fingerprint density at radius 2 is 2.21 bits per heavy atom. The molecule has 0 aliphatic rings. The SMILES string of the molecule is CC(C)CN(Cc1ccsc1)C(=O)NC[C@H](C)Oc1cccnc1. The topological polar surface area (TPSA) is 54.5 Å². The number of urea groups is 1. The molecule has 2 rings (SSSR count). The quantitative estimate of drug-likeness (QED) is 0.791. The Balaban J connectivity index is 1.84. The van der Waals surface area contributed by atoms with Gasteiger partial charge in [-0.25, -0.2) is 4.79 Å². The Bertz CT molecular complexity index is 602. The highest BCUT2D eigenvalue weighted by Gasteiger charge is 2.16. The van der Waals surface area contributed by atoms with E-state index in [1.807, 2.05) is 29.3 Å². The predicted molar refractivity (Wildman–Crippen MR) is 97.3 cm³/mol. The van der Waals surface area contributed by atoms with Gasteiger partial charge in [0.2, 0.25) is 0 Å². The second-order valence-electron chi connectivity index (χ2n) is 6.21. The lowest BCUT2D eigenvalue weighted by Crippen LogP contribution is -2.44. The van der Waals surface area contributed by atoms with Crippen molar-refractivity contribution in [3.8, 4) is 5.75 Å². The van der Waals surface area contributed by atoms with Crippen LogP contribution in [-0.4, -0.2) is 35.1 Å². The van der Waals surface area contributed by atoms with Crippen molar-refractivity contribution in [3.63, 3.8) is 0 Å². The van der Waals surface area contributed by atoms with Crippen molar-refractivity contribution in [2.75, 3.05) is 13.1 Å². The highest BCUT2D eigenvalue weighted by molar-refractivity contribution is 7.07. The summed E-state index contributed by atoms with van der Waals surface area (Å²) in [6.45, 7) is 7.96. The van der Waals surface area contributed by atoms with Crippen LogP contribution in [0.1, 0.15) is 26.3 Å². The van der Waals surface area contributed by atoms with Crippen molar-refractivity contribution in [3.05, 3.63) is 46.9 Å². The van der Waals surface area contributed by atoms with Crippen LogP contribution in [-0.2, 0) is 6.54 Å². The third-order valence-electron chi connectivity index (χ3n) is 3.34. The van der Waals surface area contributed by atoms with Crippen LogP contribution < -0.4 is 10.1 Å². The standard InChI is InChI=1S/C18H25N3O2S/c1-14(2)11-21(12-16-6-8-24-13-16)18(22)20-9-15(3)23-17-5-4-7-19-10-17/h4-8,10,13-15H,9,11-12H2,1-3H3,(H,20,22)/t15-/m0/s1. The molecular weight excluding hydrogens is 322 g/mol. The van der Waals surface area contributed by atoms with Gasteiger partial charge in [0.15, 0.2) is 0 Å². The zero-order valence-electron chi connectivity index (χ0n) is 14.4. The van der Waals surface area contributed by atoms with Crippen LogP contribution in [0.5, 0.6) is 5.75 Å². The summed E-state index contributed by atoms with van der Waals surface area (Å²) in [5.41, 5.74) is 1.16. The molecule has 2 aromatic heterocycles. The molecule has 0 bridgehead atoms. The molecule has 0 radical (unpaired) electrons. The number of amides is 2. The van der Waals surface area contributed by atoms with Crippen LogP contribution >= 0.6 is 11.3 Å². The van der Waals surface area contributed by atoms with Crippen LogP contribution in [0.4, 0.5) is 4.79 Å². The molecule has 130 valence electrons. The predicted octanol–water partition coefficient (Wildman–Crippen LogP) is 3.78. The lowest BCUT2D eigenvalue weighted by atomic mass is 10.2. The molecule has 6 heteroatoms. The van der Waals surface area contributed by atoms with Crippen LogP contribution in [0.2, 0.25) is 0 Å². The van der Waals surface area contributed by atoms with Crippen LogP contribution in [0.15, 0.2) is 41.4 Å². The Labute approximate surface area is 147 Å². The molecule has 2 aromatic rings.